The van der Waals surface area contributed by atoms with Crippen LogP contribution in [0.5, 0.6) is 0 Å². The maximum absolute atomic E-state index is 11.0. The lowest BCUT2D eigenvalue weighted by Gasteiger charge is -2.06. The van der Waals surface area contributed by atoms with E-state index < -0.39 is 11.8 Å². The summed E-state index contributed by atoms with van der Waals surface area (Å²) in [5.41, 5.74) is 1.54. The van der Waals surface area contributed by atoms with Crippen molar-refractivity contribution in [1.29, 1.82) is 0 Å². The lowest BCUT2D eigenvalue weighted by molar-refractivity contribution is -0.148. The molecule has 0 aromatic heterocycles. The number of benzene rings is 1. The second-order valence-corrected chi connectivity index (χ2v) is 3.11. The van der Waals surface area contributed by atoms with Crippen molar-refractivity contribution < 1.29 is 19.4 Å². The predicted octanol–water partition coefficient (Wildman–Crippen LogP) is 1.03. The second-order valence-electron chi connectivity index (χ2n) is 3.11. The lowest BCUT2D eigenvalue weighted by Crippen LogP contribution is -2.16. The molecule has 0 aliphatic rings. The molecule has 0 fully saturated rings. The third-order valence-electron chi connectivity index (χ3n) is 2.01. The summed E-state index contributed by atoms with van der Waals surface area (Å²) in [6, 6.07) is 7.13. The molecule has 0 amide bonds. The largest absolute Gasteiger partial charge is 0.475 e. The van der Waals surface area contributed by atoms with Gasteiger partial charge in [-0.15, -0.1) is 0 Å². The fourth-order valence-corrected chi connectivity index (χ4v) is 1.27. The first-order valence-corrected chi connectivity index (χ1v) is 4.47. The Kier molecular flexibility index (Phi) is 4.00. The van der Waals surface area contributed by atoms with Crippen molar-refractivity contribution in [2.45, 2.75) is 13.0 Å². The standard InChI is InChI=1S/C11H12O4/c1-15-7-9-5-3-2-4-8(9)6-10(12)11(13)14/h2-5H,6-7H2,1H3,(H,13,14). The van der Waals surface area contributed by atoms with Gasteiger partial charge in [-0.05, 0) is 11.1 Å². The number of ketones is 1. The van der Waals surface area contributed by atoms with E-state index in [1.54, 1.807) is 19.2 Å². The Morgan fingerprint density at radius 2 is 1.87 bits per heavy atom. The molecule has 1 aromatic rings. The van der Waals surface area contributed by atoms with Crippen LogP contribution in [-0.4, -0.2) is 24.0 Å². The minimum absolute atomic E-state index is 0.0884. The number of ether oxygens (including phenoxy) is 1. The monoisotopic (exact) mass is 208 g/mol. The number of rotatable bonds is 5. The number of hydrogen-bond donors (Lipinski definition) is 1. The van der Waals surface area contributed by atoms with Gasteiger partial charge in [0.1, 0.15) is 0 Å². The number of carboxylic acids is 1. The molecule has 0 saturated heterocycles. The summed E-state index contributed by atoms with van der Waals surface area (Å²) in [6.45, 7) is 0.378. The van der Waals surface area contributed by atoms with Crippen LogP contribution in [0.25, 0.3) is 0 Å². The van der Waals surface area contributed by atoms with Gasteiger partial charge in [0, 0.05) is 13.5 Å². The van der Waals surface area contributed by atoms with Crippen molar-refractivity contribution in [3.05, 3.63) is 35.4 Å². The number of Topliss-reactive ketones (excluding diaryl/α,β-unsaturated/α-hetero) is 1. The third-order valence-corrected chi connectivity index (χ3v) is 2.01. The van der Waals surface area contributed by atoms with E-state index in [1.807, 2.05) is 12.1 Å². The van der Waals surface area contributed by atoms with Gasteiger partial charge >= 0.3 is 5.97 Å². The Morgan fingerprint density at radius 3 is 2.40 bits per heavy atom. The Bertz CT molecular complexity index is 371. The van der Waals surface area contributed by atoms with Crippen LogP contribution in [0.3, 0.4) is 0 Å². The molecule has 0 bridgehead atoms. The Hall–Kier alpha value is -1.68. The van der Waals surface area contributed by atoms with E-state index in [-0.39, 0.29) is 6.42 Å². The number of hydrogen-bond acceptors (Lipinski definition) is 3. The van der Waals surface area contributed by atoms with E-state index in [0.29, 0.717) is 12.2 Å². The normalized spacial score (nSPS) is 9.93. The van der Waals surface area contributed by atoms with Crippen LogP contribution in [-0.2, 0) is 27.4 Å². The minimum Gasteiger partial charge on any atom is -0.475 e. The summed E-state index contributed by atoms with van der Waals surface area (Å²) in [7, 11) is 1.55. The zero-order valence-corrected chi connectivity index (χ0v) is 8.40. The molecule has 0 aliphatic heterocycles. The first kappa shape index (κ1) is 11.4. The minimum atomic E-state index is -1.40. The molecule has 0 unspecified atom stereocenters. The molecule has 4 nitrogen and oxygen atoms in total. The Labute approximate surface area is 87.5 Å². The van der Waals surface area contributed by atoms with Gasteiger partial charge in [0.2, 0.25) is 5.78 Å². The van der Waals surface area contributed by atoms with Crippen LogP contribution in [0.4, 0.5) is 0 Å². The van der Waals surface area contributed by atoms with Gasteiger partial charge in [0.25, 0.3) is 0 Å². The predicted molar refractivity (Wildman–Crippen MR) is 53.5 cm³/mol. The molecule has 0 saturated carbocycles. The van der Waals surface area contributed by atoms with Crippen LogP contribution in [0, 0.1) is 0 Å². The zero-order valence-electron chi connectivity index (χ0n) is 8.40. The SMILES string of the molecule is COCc1ccccc1CC(=O)C(=O)O. The summed E-state index contributed by atoms with van der Waals surface area (Å²) in [4.78, 5) is 21.4. The van der Waals surface area contributed by atoms with Crippen molar-refractivity contribution in [2.75, 3.05) is 7.11 Å². The van der Waals surface area contributed by atoms with Crippen molar-refractivity contribution in [1.82, 2.24) is 0 Å². The molecule has 1 aromatic carbocycles. The summed E-state index contributed by atoms with van der Waals surface area (Å²) < 4.78 is 4.95. The highest BCUT2D eigenvalue weighted by atomic mass is 16.5. The van der Waals surface area contributed by atoms with Crippen molar-refractivity contribution in [3.63, 3.8) is 0 Å². The van der Waals surface area contributed by atoms with Crippen molar-refractivity contribution in [2.24, 2.45) is 0 Å². The van der Waals surface area contributed by atoms with Crippen LogP contribution in [0.1, 0.15) is 11.1 Å². The summed E-state index contributed by atoms with van der Waals surface area (Å²) in [5, 5.41) is 8.48. The molecule has 1 rings (SSSR count). The zero-order chi connectivity index (χ0) is 11.3. The summed E-state index contributed by atoms with van der Waals surface area (Å²) >= 11 is 0. The lowest BCUT2D eigenvalue weighted by atomic mass is 10.0. The highest BCUT2D eigenvalue weighted by molar-refractivity contribution is 6.33. The van der Waals surface area contributed by atoms with Gasteiger partial charge in [-0.2, -0.15) is 0 Å². The van der Waals surface area contributed by atoms with Crippen LogP contribution >= 0.6 is 0 Å². The van der Waals surface area contributed by atoms with E-state index in [1.165, 1.54) is 0 Å². The van der Waals surface area contributed by atoms with E-state index in [0.717, 1.165) is 5.56 Å². The van der Waals surface area contributed by atoms with E-state index >= 15 is 0 Å². The van der Waals surface area contributed by atoms with E-state index in [2.05, 4.69) is 0 Å². The van der Waals surface area contributed by atoms with Gasteiger partial charge in [0.15, 0.2) is 0 Å². The maximum atomic E-state index is 11.0. The molecule has 0 radical (unpaired) electrons. The smallest absolute Gasteiger partial charge is 0.372 e. The number of carbonyl (C=O) groups is 2. The fourth-order valence-electron chi connectivity index (χ4n) is 1.27. The molecule has 0 aliphatic carbocycles. The number of carbonyl (C=O) groups excluding carboxylic acids is 1. The average Bonchev–Trinajstić information content (AvgIpc) is 2.21. The number of aliphatic carboxylic acids is 1. The molecule has 1 N–H and O–H groups in total. The molecular formula is C11H12O4. The number of methoxy groups -OCH3 is 1. The Balaban J connectivity index is 2.84. The molecule has 0 atom stereocenters. The van der Waals surface area contributed by atoms with E-state index in [4.69, 9.17) is 9.84 Å². The van der Waals surface area contributed by atoms with Gasteiger partial charge in [-0.25, -0.2) is 4.79 Å². The highest BCUT2D eigenvalue weighted by Gasteiger charge is 2.13. The molecular weight excluding hydrogens is 196 g/mol. The van der Waals surface area contributed by atoms with E-state index in [9.17, 15) is 9.59 Å². The third kappa shape index (κ3) is 3.18. The summed E-state index contributed by atoms with van der Waals surface area (Å²) in [6.07, 6.45) is -0.0884. The molecule has 0 spiro atoms. The molecule has 80 valence electrons. The van der Waals surface area contributed by atoms with Crippen LogP contribution in [0.15, 0.2) is 24.3 Å². The summed E-state index contributed by atoms with van der Waals surface area (Å²) in [5.74, 6) is -2.21. The van der Waals surface area contributed by atoms with Crippen molar-refractivity contribution in [3.8, 4) is 0 Å². The Morgan fingerprint density at radius 1 is 1.27 bits per heavy atom. The maximum Gasteiger partial charge on any atom is 0.372 e. The first-order chi connectivity index (χ1) is 7.15. The molecule has 0 heterocycles. The van der Waals surface area contributed by atoms with Gasteiger partial charge < -0.3 is 9.84 Å². The second kappa shape index (κ2) is 5.26. The average molecular weight is 208 g/mol. The highest BCUT2D eigenvalue weighted by Crippen LogP contribution is 2.10. The van der Waals surface area contributed by atoms with Gasteiger partial charge in [0.05, 0.1) is 6.61 Å². The van der Waals surface area contributed by atoms with Gasteiger partial charge in [-0.3, -0.25) is 4.79 Å². The van der Waals surface area contributed by atoms with Gasteiger partial charge in [-0.1, -0.05) is 24.3 Å². The van der Waals surface area contributed by atoms with Crippen LogP contribution < -0.4 is 0 Å². The fraction of sp³-hybridized carbons (Fsp3) is 0.273. The number of carboxylic acid groups (broad SMARTS) is 1. The quantitative estimate of drug-likeness (QED) is 0.734. The topological polar surface area (TPSA) is 63.6 Å². The molecule has 4 heteroatoms. The first-order valence-electron chi connectivity index (χ1n) is 4.47. The van der Waals surface area contributed by atoms with Crippen molar-refractivity contribution >= 4 is 11.8 Å². The molecule has 15 heavy (non-hydrogen) atoms. The van der Waals surface area contributed by atoms with Crippen LogP contribution in [0.2, 0.25) is 0 Å².